The number of hydrogen-bond acceptors (Lipinski definition) is 5. The summed E-state index contributed by atoms with van der Waals surface area (Å²) in [5.41, 5.74) is 4.88. The number of nitrogens with zero attached hydrogens (tertiary/aromatic N) is 5. The number of aromatic nitrogens is 1. The van der Waals surface area contributed by atoms with E-state index in [0.29, 0.717) is 23.5 Å². The number of nitrogens with one attached hydrogen (secondary N) is 1. The maximum absolute atomic E-state index is 13.6. The van der Waals surface area contributed by atoms with Crippen molar-refractivity contribution in [3.8, 4) is 17.3 Å². The molecular formula is C30H31N6O2P. The molecule has 8 nitrogen and oxygen atoms in total. The summed E-state index contributed by atoms with van der Waals surface area (Å²) < 4.78 is 1.80. The van der Waals surface area contributed by atoms with Gasteiger partial charge in [-0.05, 0) is 72.4 Å². The molecule has 1 aromatic heterocycles. The number of pyridine rings is 1. The van der Waals surface area contributed by atoms with Crippen molar-refractivity contribution < 1.29 is 9.59 Å². The molecule has 0 bridgehead atoms. The minimum absolute atomic E-state index is 0.0545. The normalized spacial score (nSPS) is 24.3. The minimum atomic E-state index is -0.340. The third-order valence-electron chi connectivity index (χ3n) is 8.93. The SMILES string of the molecule is CN(C)C1(c2ccccc2)CCC2(CC1)CN(c1cnc(-c3cccc4c3CC(=O)N4)cc1C#N)C(=O)N2P. The first-order valence-electron chi connectivity index (χ1n) is 13.2. The molecule has 3 amide bonds. The zero-order chi connectivity index (χ0) is 27.4. The summed E-state index contributed by atoms with van der Waals surface area (Å²) in [6.45, 7) is 0.502. The van der Waals surface area contributed by atoms with Crippen LogP contribution in [0.15, 0.2) is 60.8 Å². The van der Waals surface area contributed by atoms with Gasteiger partial charge >= 0.3 is 6.03 Å². The smallest absolute Gasteiger partial charge is 0.326 e. The number of urea groups is 1. The van der Waals surface area contributed by atoms with Gasteiger partial charge in [0.25, 0.3) is 0 Å². The first-order chi connectivity index (χ1) is 18.8. The Hall–Kier alpha value is -3.79. The Morgan fingerprint density at radius 1 is 1.05 bits per heavy atom. The second-order valence-corrected chi connectivity index (χ2v) is 11.5. The molecule has 2 aromatic carbocycles. The summed E-state index contributed by atoms with van der Waals surface area (Å²) in [5.74, 6) is -0.0545. The molecule has 2 fully saturated rings. The third kappa shape index (κ3) is 4.00. The van der Waals surface area contributed by atoms with Crippen molar-refractivity contribution in [3.63, 3.8) is 0 Å². The quantitative estimate of drug-likeness (QED) is 0.477. The van der Waals surface area contributed by atoms with Crippen molar-refractivity contribution in [3.05, 3.63) is 77.5 Å². The van der Waals surface area contributed by atoms with Crippen molar-refractivity contribution in [1.29, 1.82) is 5.26 Å². The molecule has 3 heterocycles. The topological polar surface area (TPSA) is 92.6 Å². The van der Waals surface area contributed by atoms with E-state index in [4.69, 9.17) is 0 Å². The summed E-state index contributed by atoms with van der Waals surface area (Å²) in [7, 11) is 6.92. The standard InChI is InChI=1S/C30H31N6O2P/c1-34(2)30(21-7-4-3-5-8-21)13-11-29(12-14-30)19-35(28(38)36(29)39)26-18-32-25(15-20(26)17-31)22-9-6-10-24-23(22)16-27(37)33-24/h3-10,15,18H,11-14,16,19,39H2,1-2H3,(H,33,37). The van der Waals surface area contributed by atoms with Gasteiger partial charge in [-0.15, -0.1) is 0 Å². The van der Waals surface area contributed by atoms with Gasteiger partial charge in [0, 0.05) is 16.8 Å². The zero-order valence-electron chi connectivity index (χ0n) is 22.1. The molecule has 39 heavy (non-hydrogen) atoms. The van der Waals surface area contributed by atoms with Crippen molar-refractivity contribution in [2.75, 3.05) is 30.9 Å². The molecule has 0 radical (unpaired) electrons. The molecule has 198 valence electrons. The Labute approximate surface area is 230 Å². The van der Waals surface area contributed by atoms with Crippen LogP contribution in [0.25, 0.3) is 11.3 Å². The number of anilines is 2. The van der Waals surface area contributed by atoms with Crippen LogP contribution in [0.5, 0.6) is 0 Å². The molecule has 3 aliphatic rings. The lowest BCUT2D eigenvalue weighted by Gasteiger charge is -2.50. The second kappa shape index (κ2) is 9.44. The number of carbonyl (C=O) groups excluding carboxylic acids is 2. The number of nitriles is 1. The molecular weight excluding hydrogens is 507 g/mol. The molecule has 2 aliphatic heterocycles. The Kier molecular flexibility index (Phi) is 6.17. The summed E-state index contributed by atoms with van der Waals surface area (Å²) in [5, 5.41) is 13.0. The number of hydrogen-bond donors (Lipinski definition) is 1. The predicted octanol–water partition coefficient (Wildman–Crippen LogP) is 4.92. The molecule has 1 aliphatic carbocycles. The molecule has 1 saturated heterocycles. The van der Waals surface area contributed by atoms with Crippen molar-refractivity contribution in [1.82, 2.24) is 14.6 Å². The Morgan fingerprint density at radius 2 is 1.79 bits per heavy atom. The molecule has 1 saturated carbocycles. The van der Waals surface area contributed by atoms with Gasteiger partial charge < -0.3 is 9.99 Å². The monoisotopic (exact) mass is 538 g/mol. The second-order valence-electron chi connectivity index (χ2n) is 11.0. The lowest BCUT2D eigenvalue weighted by Crippen LogP contribution is -2.53. The summed E-state index contributed by atoms with van der Waals surface area (Å²) in [6, 6.07) is 20.1. The molecule has 1 atom stereocenters. The van der Waals surface area contributed by atoms with E-state index in [1.54, 1.807) is 21.8 Å². The fourth-order valence-electron chi connectivity index (χ4n) is 6.62. The average molecular weight is 539 g/mol. The van der Waals surface area contributed by atoms with E-state index in [1.165, 1.54) is 5.56 Å². The van der Waals surface area contributed by atoms with Crippen LogP contribution < -0.4 is 10.2 Å². The van der Waals surface area contributed by atoms with Gasteiger partial charge in [0.2, 0.25) is 5.91 Å². The van der Waals surface area contributed by atoms with E-state index >= 15 is 0 Å². The van der Waals surface area contributed by atoms with Crippen LogP contribution in [-0.4, -0.2) is 52.7 Å². The van der Waals surface area contributed by atoms with Gasteiger partial charge in [-0.25, -0.2) is 4.79 Å². The lowest BCUT2D eigenvalue weighted by atomic mass is 9.69. The van der Waals surface area contributed by atoms with Crippen LogP contribution in [0.2, 0.25) is 0 Å². The average Bonchev–Trinajstić information content (AvgIpc) is 3.46. The van der Waals surface area contributed by atoms with Gasteiger partial charge in [-0.3, -0.25) is 19.6 Å². The largest absolute Gasteiger partial charge is 0.328 e. The van der Waals surface area contributed by atoms with E-state index in [9.17, 15) is 14.9 Å². The number of carbonyl (C=O) groups is 2. The van der Waals surface area contributed by atoms with Crippen LogP contribution in [0, 0.1) is 11.3 Å². The highest BCUT2D eigenvalue weighted by atomic mass is 31.0. The summed E-state index contributed by atoms with van der Waals surface area (Å²) >= 11 is 0. The van der Waals surface area contributed by atoms with Crippen molar-refractivity contribution in [2.24, 2.45) is 0 Å². The number of amides is 3. The van der Waals surface area contributed by atoms with Crippen LogP contribution in [0.3, 0.4) is 0 Å². The molecule has 6 rings (SSSR count). The van der Waals surface area contributed by atoms with Gasteiger partial charge in [0.05, 0.1) is 41.6 Å². The van der Waals surface area contributed by atoms with Crippen molar-refractivity contribution >= 4 is 32.7 Å². The molecule has 3 aromatic rings. The van der Waals surface area contributed by atoms with E-state index in [2.05, 4.69) is 69.0 Å². The fourth-order valence-corrected chi connectivity index (χ4v) is 7.10. The third-order valence-corrected chi connectivity index (χ3v) is 9.70. The maximum Gasteiger partial charge on any atom is 0.328 e. The number of fused-ring (bicyclic) bond motifs is 1. The zero-order valence-corrected chi connectivity index (χ0v) is 23.3. The first-order valence-corrected chi connectivity index (χ1v) is 13.7. The fraction of sp³-hybridized carbons (Fsp3) is 0.333. The Bertz CT molecular complexity index is 1510. The molecule has 1 unspecified atom stereocenters. The molecule has 1 N–H and O–H groups in total. The lowest BCUT2D eigenvalue weighted by molar-refractivity contribution is -0.115. The summed E-state index contributed by atoms with van der Waals surface area (Å²) in [4.78, 5) is 34.3. The number of rotatable bonds is 4. The van der Waals surface area contributed by atoms with Crippen LogP contribution in [0.4, 0.5) is 16.2 Å². The highest BCUT2D eigenvalue weighted by Crippen LogP contribution is 2.50. The van der Waals surface area contributed by atoms with Gasteiger partial charge in [0.15, 0.2) is 0 Å². The van der Waals surface area contributed by atoms with Gasteiger partial charge in [-0.2, -0.15) is 5.26 Å². The predicted molar refractivity (Wildman–Crippen MR) is 154 cm³/mol. The van der Waals surface area contributed by atoms with Gasteiger partial charge in [0.1, 0.15) is 6.07 Å². The number of benzene rings is 2. The van der Waals surface area contributed by atoms with E-state index in [-0.39, 0.29) is 29.4 Å². The molecule has 9 heteroatoms. The summed E-state index contributed by atoms with van der Waals surface area (Å²) in [6.07, 6.45) is 5.44. The highest BCUT2D eigenvalue weighted by molar-refractivity contribution is 7.14. The van der Waals surface area contributed by atoms with E-state index < -0.39 is 0 Å². The van der Waals surface area contributed by atoms with E-state index in [0.717, 1.165) is 42.5 Å². The first kappa shape index (κ1) is 25.5. The highest BCUT2D eigenvalue weighted by Gasteiger charge is 2.54. The van der Waals surface area contributed by atoms with Crippen LogP contribution in [0.1, 0.15) is 42.4 Å². The van der Waals surface area contributed by atoms with Crippen LogP contribution >= 0.6 is 9.39 Å². The van der Waals surface area contributed by atoms with E-state index in [1.807, 2.05) is 24.3 Å². The van der Waals surface area contributed by atoms with Crippen LogP contribution in [-0.2, 0) is 16.8 Å². The van der Waals surface area contributed by atoms with Crippen molar-refractivity contribution in [2.45, 2.75) is 43.2 Å². The Balaban J connectivity index is 1.29. The van der Waals surface area contributed by atoms with Gasteiger partial charge in [-0.1, -0.05) is 42.5 Å². The maximum atomic E-state index is 13.6. The molecule has 1 spiro atoms. The Morgan fingerprint density at radius 3 is 2.49 bits per heavy atom. The minimum Gasteiger partial charge on any atom is -0.326 e.